The predicted molar refractivity (Wildman–Crippen MR) is 121 cm³/mol. The van der Waals surface area contributed by atoms with Crippen LogP contribution in [0.5, 0.6) is 5.75 Å². The Kier molecular flexibility index (Phi) is 6.10. The summed E-state index contributed by atoms with van der Waals surface area (Å²) in [5, 5.41) is 0. The monoisotopic (exact) mass is 497 g/mol. The van der Waals surface area contributed by atoms with Crippen molar-refractivity contribution in [3.8, 4) is 5.75 Å². The molecule has 4 rings (SSSR count). The Morgan fingerprint density at radius 2 is 1.61 bits per heavy atom. The van der Waals surface area contributed by atoms with Crippen LogP contribution >= 0.6 is 0 Å². The topological polar surface area (TPSA) is 104 Å². The summed E-state index contributed by atoms with van der Waals surface area (Å²) in [5.41, 5.74) is 0.758. The van der Waals surface area contributed by atoms with Crippen molar-refractivity contribution in [1.29, 1.82) is 0 Å². The molecule has 2 heterocycles. The summed E-state index contributed by atoms with van der Waals surface area (Å²) >= 11 is 0. The van der Waals surface area contributed by atoms with Crippen LogP contribution < -0.4 is 13.9 Å². The molecule has 0 bridgehead atoms. The highest BCUT2D eigenvalue weighted by Gasteiger charge is 2.43. The van der Waals surface area contributed by atoms with Crippen LogP contribution in [0.25, 0.3) is 0 Å². The van der Waals surface area contributed by atoms with E-state index >= 15 is 0 Å². The van der Waals surface area contributed by atoms with Crippen molar-refractivity contribution in [1.82, 2.24) is 4.31 Å². The molecule has 9 nitrogen and oxygen atoms in total. The van der Waals surface area contributed by atoms with Crippen LogP contribution in [0.4, 0.5) is 15.8 Å². The van der Waals surface area contributed by atoms with Crippen molar-refractivity contribution in [3.63, 3.8) is 0 Å². The van der Waals surface area contributed by atoms with E-state index < -0.39 is 31.9 Å². The van der Waals surface area contributed by atoms with Crippen molar-refractivity contribution in [2.45, 2.75) is 11.8 Å². The van der Waals surface area contributed by atoms with Crippen LogP contribution in [-0.2, 0) is 24.8 Å². The molecule has 2 aliphatic rings. The van der Waals surface area contributed by atoms with Gasteiger partial charge in [0.2, 0.25) is 26.0 Å². The summed E-state index contributed by atoms with van der Waals surface area (Å²) in [4.78, 5) is 14.2. The van der Waals surface area contributed by atoms with Gasteiger partial charge in [0.05, 0.1) is 24.5 Å². The van der Waals surface area contributed by atoms with Crippen LogP contribution in [-0.4, -0.2) is 66.1 Å². The number of nitrogens with zero attached hydrogens (tertiary/aromatic N) is 3. The number of ether oxygens (including phenoxy) is 1. The van der Waals surface area contributed by atoms with E-state index in [0.29, 0.717) is 17.4 Å². The Morgan fingerprint density at radius 3 is 2.15 bits per heavy atom. The number of carbonyl (C=O) groups is 1. The van der Waals surface area contributed by atoms with Gasteiger partial charge in [-0.05, 0) is 42.5 Å². The second-order valence-electron chi connectivity index (χ2n) is 7.98. The van der Waals surface area contributed by atoms with E-state index in [2.05, 4.69) is 0 Å². The number of halogens is 1. The van der Waals surface area contributed by atoms with E-state index in [1.807, 2.05) is 4.90 Å². The minimum Gasteiger partial charge on any atom is -0.495 e. The van der Waals surface area contributed by atoms with Gasteiger partial charge in [-0.2, -0.15) is 4.31 Å². The van der Waals surface area contributed by atoms with Crippen molar-refractivity contribution in [3.05, 3.63) is 48.3 Å². The van der Waals surface area contributed by atoms with E-state index in [-0.39, 0.29) is 41.0 Å². The van der Waals surface area contributed by atoms with E-state index in [1.54, 1.807) is 12.1 Å². The third-order valence-corrected chi connectivity index (χ3v) is 9.58. The molecule has 1 amide bonds. The fraction of sp³-hybridized carbons (Fsp3) is 0.381. The number of rotatable bonds is 5. The first-order valence-electron chi connectivity index (χ1n) is 10.3. The molecule has 2 saturated heterocycles. The first kappa shape index (κ1) is 23.5. The second-order valence-corrected chi connectivity index (χ2v) is 11.8. The third kappa shape index (κ3) is 4.30. The molecule has 2 aromatic rings. The maximum atomic E-state index is 13.5. The molecule has 0 unspecified atom stereocenters. The van der Waals surface area contributed by atoms with Gasteiger partial charge in [0.25, 0.3) is 0 Å². The Hall–Kier alpha value is -2.70. The zero-order valence-corrected chi connectivity index (χ0v) is 19.8. The van der Waals surface area contributed by atoms with E-state index in [1.165, 1.54) is 48.7 Å². The van der Waals surface area contributed by atoms with Crippen molar-refractivity contribution in [2.75, 3.05) is 48.2 Å². The maximum absolute atomic E-state index is 13.5. The zero-order chi connectivity index (χ0) is 24.0. The molecule has 0 N–H and O–H groups in total. The molecule has 1 atom stereocenters. The molecule has 0 aliphatic carbocycles. The van der Waals surface area contributed by atoms with Gasteiger partial charge in [-0.3, -0.25) is 4.79 Å². The average molecular weight is 498 g/mol. The quantitative estimate of drug-likeness (QED) is 0.619. The molecule has 33 heavy (non-hydrogen) atoms. The number of anilines is 2. The zero-order valence-electron chi connectivity index (χ0n) is 18.1. The SMILES string of the molecule is COc1ccc(N2C(=O)[C@H](C)CS2(=O)=O)cc1S(=O)(=O)N1CCN(c2ccc(F)cc2)CC1. The number of amides is 1. The Balaban J connectivity index is 1.62. The van der Waals surface area contributed by atoms with E-state index in [4.69, 9.17) is 4.74 Å². The van der Waals surface area contributed by atoms with Gasteiger partial charge in [0, 0.05) is 31.9 Å². The molecule has 178 valence electrons. The molecule has 0 spiro atoms. The van der Waals surface area contributed by atoms with Crippen molar-refractivity contribution >= 4 is 37.3 Å². The van der Waals surface area contributed by atoms with Gasteiger partial charge in [0.1, 0.15) is 16.5 Å². The Morgan fingerprint density at radius 1 is 1.00 bits per heavy atom. The van der Waals surface area contributed by atoms with Crippen LogP contribution in [0, 0.1) is 11.7 Å². The lowest BCUT2D eigenvalue weighted by molar-refractivity contribution is -0.119. The van der Waals surface area contributed by atoms with Gasteiger partial charge in [0.15, 0.2) is 0 Å². The summed E-state index contributed by atoms with van der Waals surface area (Å²) in [7, 11) is -6.61. The molecule has 0 aromatic heterocycles. The number of methoxy groups -OCH3 is 1. The lowest BCUT2D eigenvalue weighted by Gasteiger charge is -2.35. The largest absolute Gasteiger partial charge is 0.495 e. The normalized spacial score (nSPS) is 21.4. The van der Waals surface area contributed by atoms with Crippen LogP contribution in [0.15, 0.2) is 47.4 Å². The summed E-state index contributed by atoms with van der Waals surface area (Å²) in [6.07, 6.45) is 0. The highest BCUT2D eigenvalue weighted by Crippen LogP contribution is 2.35. The predicted octanol–water partition coefficient (Wildman–Crippen LogP) is 1.66. The van der Waals surface area contributed by atoms with E-state index in [0.717, 1.165) is 5.69 Å². The van der Waals surface area contributed by atoms with Gasteiger partial charge in [-0.15, -0.1) is 0 Å². The summed E-state index contributed by atoms with van der Waals surface area (Å²) in [6.45, 7) is 2.64. The minimum atomic E-state index is -4.05. The summed E-state index contributed by atoms with van der Waals surface area (Å²) in [5.74, 6) is -1.93. The van der Waals surface area contributed by atoms with Crippen molar-refractivity contribution < 1.29 is 30.8 Å². The molecule has 2 aromatic carbocycles. The minimum absolute atomic E-state index is 0.0336. The number of hydrogen-bond acceptors (Lipinski definition) is 7. The summed E-state index contributed by atoms with van der Waals surface area (Å²) in [6, 6.07) is 9.86. The van der Waals surface area contributed by atoms with Crippen LogP contribution in [0.2, 0.25) is 0 Å². The highest BCUT2D eigenvalue weighted by atomic mass is 32.2. The fourth-order valence-electron chi connectivity index (χ4n) is 4.06. The molecule has 2 fully saturated rings. The number of carbonyl (C=O) groups excluding carboxylic acids is 1. The summed E-state index contributed by atoms with van der Waals surface area (Å²) < 4.78 is 72.2. The standard InChI is InChI=1S/C21H24FN3O6S2/c1-15-14-32(27,28)25(21(15)26)18-7-8-19(31-2)20(13-18)33(29,30)24-11-9-23(10-12-24)17-5-3-16(22)4-6-17/h3-8,13,15H,9-12,14H2,1-2H3/t15-/m1/s1. The van der Waals surface area contributed by atoms with Gasteiger partial charge >= 0.3 is 0 Å². The van der Waals surface area contributed by atoms with Gasteiger partial charge < -0.3 is 9.64 Å². The van der Waals surface area contributed by atoms with Gasteiger partial charge in [-0.1, -0.05) is 6.92 Å². The third-order valence-electron chi connectivity index (χ3n) is 5.79. The number of hydrogen-bond donors (Lipinski definition) is 0. The van der Waals surface area contributed by atoms with Gasteiger partial charge in [-0.25, -0.2) is 25.5 Å². The Labute approximate surface area is 192 Å². The lowest BCUT2D eigenvalue weighted by atomic mass is 10.2. The van der Waals surface area contributed by atoms with Crippen LogP contribution in [0.1, 0.15) is 6.92 Å². The van der Waals surface area contributed by atoms with Crippen LogP contribution in [0.3, 0.4) is 0 Å². The molecular formula is C21H24FN3O6S2. The molecule has 12 heteroatoms. The van der Waals surface area contributed by atoms with E-state index in [9.17, 15) is 26.0 Å². The first-order chi connectivity index (χ1) is 15.5. The lowest BCUT2D eigenvalue weighted by Crippen LogP contribution is -2.48. The number of piperazine rings is 1. The smallest absolute Gasteiger partial charge is 0.246 e. The first-order valence-corrected chi connectivity index (χ1v) is 13.3. The maximum Gasteiger partial charge on any atom is 0.246 e. The Bertz CT molecular complexity index is 1270. The highest BCUT2D eigenvalue weighted by molar-refractivity contribution is 7.94. The second kappa shape index (κ2) is 8.58. The number of sulfonamides is 2. The molecule has 0 saturated carbocycles. The fourth-order valence-corrected chi connectivity index (χ4v) is 7.47. The number of benzene rings is 2. The molecule has 2 aliphatic heterocycles. The average Bonchev–Trinajstić information content (AvgIpc) is 3.00. The molecule has 0 radical (unpaired) electrons. The van der Waals surface area contributed by atoms with Crippen molar-refractivity contribution in [2.24, 2.45) is 5.92 Å². The molecular weight excluding hydrogens is 473 g/mol.